The molecule has 0 radical (unpaired) electrons. The first-order valence-electron chi connectivity index (χ1n) is 10.2. The molecule has 184 valence electrons. The van der Waals surface area contributed by atoms with Crippen LogP contribution in [0.5, 0.6) is 5.75 Å². The highest BCUT2D eigenvalue weighted by Gasteiger charge is 2.58. The Bertz CT molecular complexity index is 1100. The molecule has 0 amide bonds. The number of hydrogen-bond acceptors (Lipinski definition) is 9. The zero-order valence-corrected chi connectivity index (χ0v) is 20.4. The van der Waals surface area contributed by atoms with Gasteiger partial charge < -0.3 is 29.4 Å². The molecular formula is C24H29NO8S. The molecule has 34 heavy (non-hydrogen) atoms. The monoisotopic (exact) mass is 491 g/mol. The minimum Gasteiger partial charge on any atom is -0.497 e. The Balaban J connectivity index is 2.39. The highest BCUT2D eigenvalue weighted by molar-refractivity contribution is 7.93. The lowest BCUT2D eigenvalue weighted by atomic mass is 10.1. The fourth-order valence-corrected chi connectivity index (χ4v) is 4.92. The number of benzene rings is 2. The smallest absolute Gasteiger partial charge is 0.357 e. The van der Waals surface area contributed by atoms with Crippen molar-refractivity contribution in [3.63, 3.8) is 0 Å². The number of rotatable bonds is 11. The molecule has 2 rings (SSSR count). The Morgan fingerprint density at radius 3 is 2.06 bits per heavy atom. The lowest BCUT2D eigenvalue weighted by molar-refractivity contribution is -0.156. The fraction of sp³-hybridized carbons (Fsp3) is 0.375. The lowest BCUT2D eigenvalue weighted by Gasteiger charge is -2.31. The largest absolute Gasteiger partial charge is 0.497 e. The van der Waals surface area contributed by atoms with Gasteiger partial charge in [0.1, 0.15) is 18.4 Å². The first-order valence-corrected chi connectivity index (χ1v) is 11.7. The molecule has 0 aliphatic heterocycles. The van der Waals surface area contributed by atoms with Gasteiger partial charge in [0.05, 0.1) is 32.3 Å². The molecule has 2 aromatic rings. The molecule has 0 fully saturated rings. The maximum Gasteiger partial charge on any atom is 0.357 e. The maximum atomic E-state index is 13.6. The third-order valence-electron chi connectivity index (χ3n) is 5.03. The SMILES string of the molecule is COCCOCC#CC(N)C(OC)(C(=O)OC)S(=O)(=O)c1ccc(-c2ccc(OC)cc2)cc1. The summed E-state index contributed by atoms with van der Waals surface area (Å²) in [4.78, 5) is 9.96. The second-order valence-electron chi connectivity index (χ2n) is 6.96. The molecule has 2 atom stereocenters. The van der Waals surface area contributed by atoms with E-state index in [1.807, 2.05) is 12.1 Å². The van der Waals surface area contributed by atoms with Crippen molar-refractivity contribution in [2.75, 3.05) is 48.3 Å². The summed E-state index contributed by atoms with van der Waals surface area (Å²) in [6, 6.07) is 11.7. The lowest BCUT2D eigenvalue weighted by Crippen LogP contribution is -2.60. The van der Waals surface area contributed by atoms with Crippen LogP contribution in [0.15, 0.2) is 53.4 Å². The summed E-state index contributed by atoms with van der Waals surface area (Å²) in [5.41, 5.74) is 7.70. The molecule has 2 unspecified atom stereocenters. The van der Waals surface area contributed by atoms with E-state index in [-0.39, 0.29) is 11.5 Å². The third-order valence-corrected chi connectivity index (χ3v) is 7.31. The molecule has 0 aromatic heterocycles. The first kappa shape index (κ1) is 27.3. The average Bonchev–Trinajstić information content (AvgIpc) is 2.86. The summed E-state index contributed by atoms with van der Waals surface area (Å²) in [6.07, 6.45) is 0. The van der Waals surface area contributed by atoms with Crippen molar-refractivity contribution in [1.29, 1.82) is 0 Å². The zero-order valence-electron chi connectivity index (χ0n) is 19.6. The van der Waals surface area contributed by atoms with Crippen molar-refractivity contribution < 1.29 is 36.9 Å². The molecule has 2 aromatic carbocycles. The van der Waals surface area contributed by atoms with Gasteiger partial charge in [0.2, 0.25) is 9.84 Å². The summed E-state index contributed by atoms with van der Waals surface area (Å²) in [5.74, 6) is 4.66. The van der Waals surface area contributed by atoms with Crippen molar-refractivity contribution in [1.82, 2.24) is 0 Å². The predicted octanol–water partition coefficient (Wildman–Crippen LogP) is 1.65. The van der Waals surface area contributed by atoms with Gasteiger partial charge in [-0.25, -0.2) is 13.2 Å². The van der Waals surface area contributed by atoms with Crippen molar-refractivity contribution in [3.05, 3.63) is 48.5 Å². The van der Waals surface area contributed by atoms with Crippen molar-refractivity contribution in [3.8, 4) is 28.7 Å². The normalized spacial score (nSPS) is 13.8. The van der Waals surface area contributed by atoms with E-state index in [9.17, 15) is 13.2 Å². The van der Waals surface area contributed by atoms with Crippen LogP contribution in [0.3, 0.4) is 0 Å². The van der Waals surface area contributed by atoms with E-state index in [0.29, 0.717) is 19.0 Å². The van der Waals surface area contributed by atoms with Crippen LogP contribution in [-0.4, -0.2) is 73.6 Å². The molecule has 0 saturated carbocycles. The van der Waals surface area contributed by atoms with E-state index in [1.54, 1.807) is 31.4 Å². The van der Waals surface area contributed by atoms with Gasteiger partial charge in [-0.2, -0.15) is 0 Å². The Kier molecular flexibility index (Phi) is 10.0. The highest BCUT2D eigenvalue weighted by atomic mass is 32.2. The Morgan fingerprint density at radius 1 is 0.971 bits per heavy atom. The number of hydrogen-bond donors (Lipinski definition) is 1. The molecule has 0 heterocycles. The molecule has 0 spiro atoms. The summed E-state index contributed by atoms with van der Waals surface area (Å²) in [6.45, 7) is 0.638. The molecule has 0 aliphatic rings. The zero-order chi connectivity index (χ0) is 25.2. The number of methoxy groups -OCH3 is 4. The highest BCUT2D eigenvalue weighted by Crippen LogP contribution is 2.32. The number of esters is 1. The summed E-state index contributed by atoms with van der Waals surface area (Å²) < 4.78 is 52.4. The van der Waals surface area contributed by atoms with Gasteiger partial charge in [0.15, 0.2) is 0 Å². The molecule has 10 heteroatoms. The van der Waals surface area contributed by atoms with Crippen LogP contribution in [0.2, 0.25) is 0 Å². The van der Waals surface area contributed by atoms with Crippen LogP contribution < -0.4 is 10.5 Å². The van der Waals surface area contributed by atoms with Gasteiger partial charge in [-0.05, 0) is 35.4 Å². The Labute approximate surface area is 200 Å². The van der Waals surface area contributed by atoms with Crippen LogP contribution in [-0.2, 0) is 33.6 Å². The van der Waals surface area contributed by atoms with Gasteiger partial charge in [0.25, 0.3) is 4.93 Å². The second kappa shape index (κ2) is 12.5. The van der Waals surface area contributed by atoms with E-state index in [1.165, 1.54) is 19.2 Å². The topological polar surface area (TPSA) is 123 Å². The van der Waals surface area contributed by atoms with Crippen molar-refractivity contribution in [2.45, 2.75) is 15.9 Å². The van der Waals surface area contributed by atoms with Crippen LogP contribution in [0.1, 0.15) is 0 Å². The van der Waals surface area contributed by atoms with Gasteiger partial charge in [-0.15, -0.1) is 0 Å². The van der Waals surface area contributed by atoms with E-state index in [4.69, 9.17) is 29.4 Å². The quantitative estimate of drug-likeness (QED) is 0.284. The van der Waals surface area contributed by atoms with Gasteiger partial charge in [0, 0.05) is 14.2 Å². The number of carbonyl (C=O) groups is 1. The molecular weight excluding hydrogens is 462 g/mol. The van der Waals surface area contributed by atoms with Crippen molar-refractivity contribution in [2.24, 2.45) is 5.73 Å². The molecule has 0 saturated heterocycles. The Morgan fingerprint density at radius 2 is 1.56 bits per heavy atom. The van der Waals surface area contributed by atoms with E-state index >= 15 is 0 Å². The molecule has 0 aliphatic carbocycles. The number of sulfone groups is 1. The third kappa shape index (κ3) is 5.75. The van der Waals surface area contributed by atoms with Crippen LogP contribution in [0.4, 0.5) is 0 Å². The minimum absolute atomic E-state index is 0.0331. The fourth-order valence-electron chi connectivity index (χ4n) is 3.16. The van der Waals surface area contributed by atoms with Crippen molar-refractivity contribution >= 4 is 15.8 Å². The molecule has 0 bridgehead atoms. The number of nitrogens with two attached hydrogens (primary N) is 1. The summed E-state index contributed by atoms with van der Waals surface area (Å²) >= 11 is 0. The number of carbonyl (C=O) groups excluding carboxylic acids is 1. The van der Waals surface area contributed by atoms with Crippen LogP contribution >= 0.6 is 0 Å². The van der Waals surface area contributed by atoms with Gasteiger partial charge >= 0.3 is 5.97 Å². The van der Waals surface area contributed by atoms with E-state index in [0.717, 1.165) is 25.3 Å². The standard InChI is InChI=1S/C24H29NO8S/c1-29-16-17-33-15-5-6-22(25)24(32-4,23(26)31-3)34(27,28)21-13-9-19(10-14-21)18-7-11-20(30-2)12-8-18/h7-14,22H,15-17,25H2,1-4H3. The second-order valence-corrected chi connectivity index (χ2v) is 9.05. The molecule has 2 N–H and O–H groups in total. The summed E-state index contributed by atoms with van der Waals surface area (Å²) in [7, 11) is 0.726. The average molecular weight is 492 g/mol. The Hall–Kier alpha value is -2.94. The number of ether oxygens (including phenoxy) is 5. The van der Waals surface area contributed by atoms with E-state index in [2.05, 4.69) is 11.8 Å². The van der Waals surface area contributed by atoms with Crippen LogP contribution in [0, 0.1) is 11.8 Å². The predicted molar refractivity (Wildman–Crippen MR) is 126 cm³/mol. The van der Waals surface area contributed by atoms with Gasteiger partial charge in [-0.1, -0.05) is 36.1 Å². The van der Waals surface area contributed by atoms with Crippen LogP contribution in [0.25, 0.3) is 11.1 Å². The van der Waals surface area contributed by atoms with E-state index < -0.39 is 26.8 Å². The molecule has 9 nitrogen and oxygen atoms in total. The first-order chi connectivity index (χ1) is 16.3. The van der Waals surface area contributed by atoms with Gasteiger partial charge in [-0.3, -0.25) is 0 Å². The minimum atomic E-state index is -4.49. The summed E-state index contributed by atoms with van der Waals surface area (Å²) in [5, 5.41) is 0. The maximum absolute atomic E-state index is 13.6.